The first-order chi connectivity index (χ1) is 10.3. The van der Waals surface area contributed by atoms with E-state index in [0.29, 0.717) is 5.65 Å². The van der Waals surface area contributed by atoms with Gasteiger partial charge in [-0.15, -0.1) is 15.3 Å². The van der Waals surface area contributed by atoms with Crippen molar-refractivity contribution in [2.45, 2.75) is 19.2 Å². The Hall–Kier alpha value is -2.69. The van der Waals surface area contributed by atoms with Gasteiger partial charge in [-0.3, -0.25) is 0 Å². The monoisotopic (exact) mass is 313 g/mol. The standard InChI is InChI=1S/C11H10F3N7O/c1-5-8(9(22)11(12,13)14)10(15)21(18-5)7-3-2-6-17-16-4-20(6)19-7/h2-4,9,22H,15H2,1H3/t9-/m0/s1. The van der Waals surface area contributed by atoms with Gasteiger partial charge in [-0.2, -0.15) is 27.5 Å². The molecule has 1 atom stereocenters. The highest BCUT2D eigenvalue weighted by molar-refractivity contribution is 5.50. The van der Waals surface area contributed by atoms with E-state index in [2.05, 4.69) is 20.4 Å². The zero-order valence-corrected chi connectivity index (χ0v) is 11.2. The molecule has 0 aromatic carbocycles. The number of nitrogen functional groups attached to an aromatic ring is 1. The summed E-state index contributed by atoms with van der Waals surface area (Å²) < 4.78 is 40.4. The van der Waals surface area contributed by atoms with Gasteiger partial charge in [-0.05, 0) is 19.1 Å². The summed E-state index contributed by atoms with van der Waals surface area (Å²) in [6.45, 7) is 1.33. The molecule has 0 radical (unpaired) electrons. The fourth-order valence-corrected chi connectivity index (χ4v) is 2.06. The number of alkyl halides is 3. The smallest absolute Gasteiger partial charge is 0.383 e. The highest BCUT2D eigenvalue weighted by Gasteiger charge is 2.42. The van der Waals surface area contributed by atoms with Crippen LogP contribution in [-0.2, 0) is 0 Å². The van der Waals surface area contributed by atoms with E-state index < -0.39 is 17.8 Å². The number of anilines is 1. The van der Waals surface area contributed by atoms with Gasteiger partial charge in [-0.1, -0.05) is 0 Å². The van der Waals surface area contributed by atoms with E-state index >= 15 is 0 Å². The maximum atomic E-state index is 12.7. The van der Waals surface area contributed by atoms with Gasteiger partial charge in [0.25, 0.3) is 0 Å². The second-order valence-corrected chi connectivity index (χ2v) is 4.57. The summed E-state index contributed by atoms with van der Waals surface area (Å²) in [6, 6.07) is 3.04. The van der Waals surface area contributed by atoms with E-state index in [1.54, 1.807) is 6.07 Å². The molecule has 3 N–H and O–H groups in total. The van der Waals surface area contributed by atoms with Crippen LogP contribution in [0.15, 0.2) is 18.5 Å². The molecule has 0 unspecified atom stereocenters. The average Bonchev–Trinajstić information content (AvgIpc) is 3.01. The van der Waals surface area contributed by atoms with E-state index in [1.165, 1.54) is 23.8 Å². The molecule has 3 aromatic heterocycles. The van der Waals surface area contributed by atoms with Crippen LogP contribution in [0.1, 0.15) is 17.4 Å². The summed E-state index contributed by atoms with van der Waals surface area (Å²) in [5, 5.41) is 24.8. The normalized spacial score (nSPS) is 13.7. The zero-order chi connectivity index (χ0) is 16.1. The molecule has 0 bridgehead atoms. The lowest BCUT2D eigenvalue weighted by atomic mass is 10.1. The van der Waals surface area contributed by atoms with Crippen LogP contribution >= 0.6 is 0 Å². The zero-order valence-electron chi connectivity index (χ0n) is 11.2. The first kappa shape index (κ1) is 14.3. The summed E-state index contributed by atoms with van der Waals surface area (Å²) in [7, 11) is 0. The Morgan fingerprint density at radius 2 is 2.00 bits per heavy atom. The molecular weight excluding hydrogens is 303 g/mol. The van der Waals surface area contributed by atoms with Crippen LogP contribution in [0.5, 0.6) is 0 Å². The number of rotatable bonds is 2. The molecule has 11 heteroatoms. The van der Waals surface area contributed by atoms with Gasteiger partial charge in [0.1, 0.15) is 12.1 Å². The lowest BCUT2D eigenvalue weighted by Crippen LogP contribution is -2.21. The lowest BCUT2D eigenvalue weighted by Gasteiger charge is -2.14. The fraction of sp³-hybridized carbons (Fsp3) is 0.273. The Morgan fingerprint density at radius 3 is 2.68 bits per heavy atom. The molecule has 0 fully saturated rings. The van der Waals surface area contributed by atoms with Crippen molar-refractivity contribution in [3.63, 3.8) is 0 Å². The minimum atomic E-state index is -4.83. The van der Waals surface area contributed by atoms with Crippen molar-refractivity contribution >= 4 is 11.5 Å². The molecule has 3 aromatic rings. The lowest BCUT2D eigenvalue weighted by molar-refractivity contribution is -0.206. The highest BCUT2D eigenvalue weighted by Crippen LogP contribution is 2.37. The summed E-state index contributed by atoms with van der Waals surface area (Å²) in [5.41, 5.74) is 5.65. The van der Waals surface area contributed by atoms with Gasteiger partial charge < -0.3 is 10.8 Å². The number of aromatic nitrogens is 6. The Balaban J connectivity index is 2.12. The van der Waals surface area contributed by atoms with Gasteiger partial charge >= 0.3 is 6.18 Å². The maximum Gasteiger partial charge on any atom is 0.418 e. The summed E-state index contributed by atoms with van der Waals surface area (Å²) in [6.07, 6.45) is -6.21. The van der Waals surface area contributed by atoms with Crippen molar-refractivity contribution in [1.82, 2.24) is 29.6 Å². The molecule has 0 aliphatic rings. The summed E-state index contributed by atoms with van der Waals surface area (Å²) in [5.74, 6) is -0.157. The van der Waals surface area contributed by atoms with E-state index in [9.17, 15) is 18.3 Å². The highest BCUT2D eigenvalue weighted by atomic mass is 19.4. The molecule has 0 spiro atoms. The molecule has 3 heterocycles. The van der Waals surface area contributed by atoms with Crippen LogP contribution in [0.2, 0.25) is 0 Å². The van der Waals surface area contributed by atoms with Crippen LogP contribution in [0.3, 0.4) is 0 Å². The first-order valence-corrected chi connectivity index (χ1v) is 6.06. The number of hydrogen-bond donors (Lipinski definition) is 2. The number of aliphatic hydroxyl groups excluding tert-OH is 1. The number of nitrogens with two attached hydrogens (primary N) is 1. The number of nitrogens with zero attached hydrogens (tertiary/aromatic N) is 6. The molecule has 0 aliphatic heterocycles. The molecule has 116 valence electrons. The molecule has 0 amide bonds. The van der Waals surface area contributed by atoms with E-state index in [4.69, 9.17) is 5.73 Å². The topological polar surface area (TPSA) is 107 Å². The minimum absolute atomic E-state index is 0.0343. The molecular formula is C11H10F3N7O. The van der Waals surface area contributed by atoms with E-state index in [-0.39, 0.29) is 17.3 Å². The van der Waals surface area contributed by atoms with Crippen LogP contribution < -0.4 is 5.73 Å². The second kappa shape index (κ2) is 4.66. The van der Waals surface area contributed by atoms with Crippen molar-refractivity contribution in [2.75, 3.05) is 5.73 Å². The van der Waals surface area contributed by atoms with Gasteiger partial charge in [0.05, 0.1) is 11.3 Å². The van der Waals surface area contributed by atoms with E-state index in [1.807, 2.05) is 0 Å². The molecule has 3 rings (SSSR count). The van der Waals surface area contributed by atoms with Crippen LogP contribution in [0.25, 0.3) is 11.5 Å². The summed E-state index contributed by atoms with van der Waals surface area (Å²) >= 11 is 0. The average molecular weight is 313 g/mol. The number of halogens is 3. The minimum Gasteiger partial charge on any atom is -0.383 e. The van der Waals surface area contributed by atoms with Crippen molar-refractivity contribution < 1.29 is 18.3 Å². The van der Waals surface area contributed by atoms with Gasteiger partial charge in [0.2, 0.25) is 0 Å². The quantitative estimate of drug-likeness (QED) is 0.724. The van der Waals surface area contributed by atoms with Crippen LogP contribution in [-0.4, -0.2) is 40.9 Å². The van der Waals surface area contributed by atoms with Crippen molar-refractivity contribution in [3.05, 3.63) is 29.7 Å². The van der Waals surface area contributed by atoms with Crippen molar-refractivity contribution in [3.8, 4) is 5.82 Å². The first-order valence-electron chi connectivity index (χ1n) is 6.06. The third kappa shape index (κ3) is 2.15. The number of hydrogen-bond acceptors (Lipinski definition) is 6. The molecule has 0 aliphatic carbocycles. The predicted octanol–water partition coefficient (Wildman–Crippen LogP) is 0.796. The Labute approximate surface area is 121 Å². The maximum absolute atomic E-state index is 12.7. The Bertz CT molecular complexity index is 838. The number of aliphatic hydroxyl groups is 1. The van der Waals surface area contributed by atoms with Gasteiger partial charge in [-0.25, -0.2) is 0 Å². The van der Waals surface area contributed by atoms with Crippen LogP contribution in [0.4, 0.5) is 19.0 Å². The summed E-state index contributed by atoms with van der Waals surface area (Å²) in [4.78, 5) is 0. The third-order valence-corrected chi connectivity index (χ3v) is 3.09. The Kier molecular flexibility index (Phi) is 3.02. The largest absolute Gasteiger partial charge is 0.418 e. The van der Waals surface area contributed by atoms with E-state index in [0.717, 1.165) is 4.68 Å². The SMILES string of the molecule is Cc1nn(-c2ccc3nncn3n2)c(N)c1[C@H](O)C(F)(F)F. The molecule has 0 saturated carbocycles. The molecule has 22 heavy (non-hydrogen) atoms. The fourth-order valence-electron chi connectivity index (χ4n) is 2.06. The van der Waals surface area contributed by atoms with Crippen molar-refractivity contribution in [1.29, 1.82) is 0 Å². The number of fused-ring (bicyclic) bond motifs is 1. The number of aryl methyl sites for hydroxylation is 1. The molecule has 0 saturated heterocycles. The van der Waals surface area contributed by atoms with Gasteiger partial charge in [0.15, 0.2) is 17.6 Å². The van der Waals surface area contributed by atoms with Gasteiger partial charge in [0, 0.05) is 0 Å². The molecule has 8 nitrogen and oxygen atoms in total. The predicted molar refractivity (Wildman–Crippen MR) is 68.1 cm³/mol. The van der Waals surface area contributed by atoms with Crippen molar-refractivity contribution in [2.24, 2.45) is 0 Å². The Morgan fingerprint density at radius 1 is 1.27 bits per heavy atom. The third-order valence-electron chi connectivity index (χ3n) is 3.09. The van der Waals surface area contributed by atoms with Crippen LogP contribution in [0, 0.1) is 6.92 Å². The second-order valence-electron chi connectivity index (χ2n) is 4.57.